The van der Waals surface area contributed by atoms with Gasteiger partial charge in [0.1, 0.15) is 40.4 Å². The van der Waals surface area contributed by atoms with E-state index in [2.05, 4.69) is 4.74 Å². The minimum atomic E-state index is -4.49. The average Bonchev–Trinajstić information content (AvgIpc) is 2.78. The molecule has 0 aromatic heterocycles. The summed E-state index contributed by atoms with van der Waals surface area (Å²) in [5.41, 5.74) is -0.853. The Bertz CT molecular complexity index is 1380. The second-order valence-corrected chi connectivity index (χ2v) is 8.21. The summed E-state index contributed by atoms with van der Waals surface area (Å²) in [5.74, 6) is -6.71. The van der Waals surface area contributed by atoms with Crippen LogP contribution in [0.1, 0.15) is 23.6 Å². The number of alkyl halides is 2. The Hall–Kier alpha value is -3.81. The first-order valence-electron chi connectivity index (χ1n) is 10.9. The van der Waals surface area contributed by atoms with Gasteiger partial charge in [-0.3, -0.25) is 0 Å². The number of hydrogen-bond acceptors (Lipinski definition) is 1. The molecule has 0 heterocycles. The van der Waals surface area contributed by atoms with E-state index in [0.717, 1.165) is 42.0 Å². The minimum absolute atomic E-state index is 0.0495. The lowest BCUT2D eigenvalue weighted by Crippen LogP contribution is -2.25. The first-order valence-corrected chi connectivity index (χ1v) is 10.9. The molecule has 0 spiro atoms. The average molecular weight is 504 g/mol. The number of aryl methyl sites for hydroxylation is 1. The maximum atomic E-state index is 14.8. The normalized spacial score (nSPS) is 11.6. The molecule has 4 aromatic carbocycles. The summed E-state index contributed by atoms with van der Waals surface area (Å²) in [6.07, 6.45) is -4.41. The SMILES string of the molecule is CCc1c(F)cc(-c2ccc(OC(F)(F)c3c(F)cc(-c4ccc(C)cc4)cc3F)cc2F)cc1F. The molecule has 0 bridgehead atoms. The molecular weight excluding hydrogens is 485 g/mol. The molecule has 0 N–H and O–H groups in total. The van der Waals surface area contributed by atoms with Crippen molar-refractivity contribution in [1.82, 2.24) is 0 Å². The van der Waals surface area contributed by atoms with Gasteiger partial charge in [-0.2, -0.15) is 8.78 Å². The summed E-state index contributed by atoms with van der Waals surface area (Å²) >= 11 is 0. The van der Waals surface area contributed by atoms with Gasteiger partial charge in [0.25, 0.3) is 0 Å². The number of halogens is 7. The highest BCUT2D eigenvalue weighted by atomic mass is 19.3. The van der Waals surface area contributed by atoms with E-state index in [0.29, 0.717) is 11.6 Å². The van der Waals surface area contributed by atoms with Gasteiger partial charge in [0.05, 0.1) is 0 Å². The molecule has 8 heteroatoms. The van der Waals surface area contributed by atoms with Crippen LogP contribution in [0.3, 0.4) is 0 Å². The third-order valence-electron chi connectivity index (χ3n) is 5.71. The van der Waals surface area contributed by atoms with Gasteiger partial charge in [-0.1, -0.05) is 36.8 Å². The van der Waals surface area contributed by atoms with Crippen LogP contribution < -0.4 is 4.74 Å². The summed E-state index contributed by atoms with van der Waals surface area (Å²) < 4.78 is 106. The molecule has 4 rings (SSSR count). The van der Waals surface area contributed by atoms with Crippen molar-refractivity contribution in [3.05, 3.63) is 113 Å². The lowest BCUT2D eigenvalue weighted by molar-refractivity contribution is -0.189. The maximum absolute atomic E-state index is 14.8. The second kappa shape index (κ2) is 9.68. The lowest BCUT2D eigenvalue weighted by Gasteiger charge is -2.20. The van der Waals surface area contributed by atoms with Crippen LogP contribution in [0.2, 0.25) is 0 Å². The molecule has 36 heavy (non-hydrogen) atoms. The Morgan fingerprint density at radius 3 is 1.72 bits per heavy atom. The first-order chi connectivity index (χ1) is 17.0. The quantitative estimate of drug-likeness (QED) is 0.239. The van der Waals surface area contributed by atoms with E-state index in [1.807, 2.05) is 6.92 Å². The van der Waals surface area contributed by atoms with Gasteiger partial charge < -0.3 is 4.74 Å². The molecule has 0 aliphatic carbocycles. The fraction of sp³-hybridized carbons (Fsp3) is 0.143. The van der Waals surface area contributed by atoms with Crippen LogP contribution in [0, 0.1) is 36.0 Å². The largest absolute Gasteiger partial charge is 0.432 e. The molecule has 0 unspecified atom stereocenters. The molecule has 0 fully saturated rings. The van der Waals surface area contributed by atoms with Crippen molar-refractivity contribution in [3.63, 3.8) is 0 Å². The highest BCUT2D eigenvalue weighted by molar-refractivity contribution is 5.66. The highest BCUT2D eigenvalue weighted by Gasteiger charge is 2.41. The van der Waals surface area contributed by atoms with Crippen LogP contribution in [-0.4, -0.2) is 0 Å². The van der Waals surface area contributed by atoms with Crippen LogP contribution in [0.5, 0.6) is 5.75 Å². The van der Waals surface area contributed by atoms with Crippen molar-refractivity contribution in [2.75, 3.05) is 0 Å². The number of rotatable bonds is 6. The van der Waals surface area contributed by atoms with Crippen molar-refractivity contribution in [3.8, 4) is 28.0 Å². The summed E-state index contributed by atoms with van der Waals surface area (Å²) in [6, 6.07) is 12.4. The Labute approximate surface area is 202 Å². The summed E-state index contributed by atoms with van der Waals surface area (Å²) in [7, 11) is 0. The van der Waals surface area contributed by atoms with E-state index in [1.54, 1.807) is 31.2 Å². The molecule has 0 radical (unpaired) electrons. The first kappa shape index (κ1) is 25.3. The second-order valence-electron chi connectivity index (χ2n) is 8.21. The third kappa shape index (κ3) is 4.94. The van der Waals surface area contributed by atoms with Crippen molar-refractivity contribution in [2.24, 2.45) is 0 Å². The van der Waals surface area contributed by atoms with E-state index in [-0.39, 0.29) is 28.7 Å². The fourth-order valence-electron chi connectivity index (χ4n) is 3.85. The Morgan fingerprint density at radius 2 is 1.19 bits per heavy atom. The van der Waals surface area contributed by atoms with Crippen LogP contribution in [-0.2, 0) is 12.5 Å². The summed E-state index contributed by atoms with van der Waals surface area (Å²) in [4.78, 5) is 0. The third-order valence-corrected chi connectivity index (χ3v) is 5.71. The van der Waals surface area contributed by atoms with E-state index in [9.17, 15) is 30.7 Å². The van der Waals surface area contributed by atoms with E-state index in [4.69, 9.17) is 0 Å². The van der Waals surface area contributed by atoms with Crippen LogP contribution >= 0.6 is 0 Å². The standard InChI is InChI=1S/C28H19F7O/c1-3-20-22(29)12-18(13-23(20)30)21-9-8-19(14-24(21)31)36-28(34,35)27-25(32)10-17(11-26(27)33)16-6-4-15(2)5-7-16/h4-14H,3H2,1-2H3. The molecule has 0 aliphatic heterocycles. The smallest absolute Gasteiger partial charge is 0.429 e. The van der Waals surface area contributed by atoms with E-state index in [1.165, 1.54) is 0 Å². The molecule has 4 aromatic rings. The molecule has 0 aliphatic rings. The molecule has 0 atom stereocenters. The lowest BCUT2D eigenvalue weighted by atomic mass is 10.0. The number of hydrogen-bond donors (Lipinski definition) is 0. The van der Waals surface area contributed by atoms with Crippen molar-refractivity contribution in [1.29, 1.82) is 0 Å². The van der Waals surface area contributed by atoms with Gasteiger partial charge in [0.2, 0.25) is 0 Å². The van der Waals surface area contributed by atoms with E-state index < -0.39 is 46.5 Å². The zero-order valence-corrected chi connectivity index (χ0v) is 19.1. The van der Waals surface area contributed by atoms with Crippen LogP contribution in [0.4, 0.5) is 30.7 Å². The molecule has 0 saturated carbocycles. The summed E-state index contributed by atoms with van der Waals surface area (Å²) in [6.45, 7) is 3.37. The topological polar surface area (TPSA) is 9.23 Å². The Kier molecular flexibility index (Phi) is 6.80. The Balaban J connectivity index is 1.63. The Morgan fingerprint density at radius 1 is 0.639 bits per heavy atom. The monoisotopic (exact) mass is 504 g/mol. The molecule has 1 nitrogen and oxygen atoms in total. The van der Waals surface area contributed by atoms with E-state index >= 15 is 0 Å². The van der Waals surface area contributed by atoms with Crippen molar-refractivity contribution < 1.29 is 35.5 Å². The summed E-state index contributed by atoms with van der Waals surface area (Å²) in [5, 5.41) is 0. The molecule has 0 amide bonds. The van der Waals surface area contributed by atoms with Crippen molar-refractivity contribution >= 4 is 0 Å². The zero-order chi connectivity index (χ0) is 26.2. The highest BCUT2D eigenvalue weighted by Crippen LogP contribution is 2.38. The zero-order valence-electron chi connectivity index (χ0n) is 19.1. The maximum Gasteiger partial charge on any atom is 0.432 e. The van der Waals surface area contributed by atoms with Gasteiger partial charge >= 0.3 is 6.11 Å². The van der Waals surface area contributed by atoms with Gasteiger partial charge in [0, 0.05) is 17.2 Å². The number of benzene rings is 4. The molecule has 186 valence electrons. The number of ether oxygens (including phenoxy) is 1. The van der Waals surface area contributed by atoms with Gasteiger partial charge in [0.15, 0.2) is 0 Å². The minimum Gasteiger partial charge on any atom is -0.429 e. The van der Waals surface area contributed by atoms with Crippen LogP contribution in [0.25, 0.3) is 22.3 Å². The van der Waals surface area contributed by atoms with Gasteiger partial charge in [-0.15, -0.1) is 0 Å². The van der Waals surface area contributed by atoms with Gasteiger partial charge in [-0.25, -0.2) is 22.0 Å². The predicted octanol–water partition coefficient (Wildman–Crippen LogP) is 8.72. The predicted molar refractivity (Wildman–Crippen MR) is 122 cm³/mol. The van der Waals surface area contributed by atoms with Crippen LogP contribution in [0.15, 0.2) is 66.7 Å². The molecular formula is C28H19F7O. The van der Waals surface area contributed by atoms with Crippen molar-refractivity contribution in [2.45, 2.75) is 26.4 Å². The fourth-order valence-corrected chi connectivity index (χ4v) is 3.85. The van der Waals surface area contributed by atoms with Gasteiger partial charge in [-0.05, 0) is 66.4 Å². The molecule has 0 saturated heterocycles.